The molecule has 30 heavy (non-hydrogen) atoms. The number of amides is 2. The topological polar surface area (TPSA) is 114 Å². The van der Waals surface area contributed by atoms with E-state index in [0.717, 1.165) is 41.9 Å². The lowest BCUT2D eigenvalue weighted by atomic mass is 9.90. The standard InChI is InChI=1S/C20H27ClN6O2S/c1-11-15(17(22)26-20(21)25-11)5-4-14-6-8-27(9-7-14)19(29)12(2)24-18(28)16-10-23-13(3)30-16/h10,12,14H,4-9H2,1-3H3,(H,24,28)(H2,22,25,26)/t12-/m0/s1. The molecular formula is C20H27ClN6O2S. The first-order chi connectivity index (χ1) is 14.2. The van der Waals surface area contributed by atoms with Crippen LogP contribution in [0.5, 0.6) is 0 Å². The Labute approximate surface area is 185 Å². The normalized spacial score (nSPS) is 15.8. The largest absolute Gasteiger partial charge is 0.383 e. The van der Waals surface area contributed by atoms with Crippen LogP contribution in [0, 0.1) is 19.8 Å². The summed E-state index contributed by atoms with van der Waals surface area (Å²) in [5.74, 6) is 0.651. The maximum atomic E-state index is 12.7. The molecule has 1 fully saturated rings. The van der Waals surface area contributed by atoms with Crippen molar-refractivity contribution in [3.05, 3.63) is 32.6 Å². The number of hydrogen-bond acceptors (Lipinski definition) is 7. The third-order valence-corrected chi connectivity index (χ3v) is 6.59. The van der Waals surface area contributed by atoms with Gasteiger partial charge in [-0.05, 0) is 64.0 Å². The molecule has 8 nitrogen and oxygen atoms in total. The Morgan fingerprint density at radius 3 is 2.63 bits per heavy atom. The average molecular weight is 451 g/mol. The smallest absolute Gasteiger partial charge is 0.263 e. The van der Waals surface area contributed by atoms with Gasteiger partial charge in [0.1, 0.15) is 16.7 Å². The number of piperidine rings is 1. The molecule has 0 saturated carbocycles. The quantitative estimate of drug-likeness (QED) is 0.654. The Hall–Kier alpha value is -2.26. The van der Waals surface area contributed by atoms with Crippen molar-refractivity contribution in [1.82, 2.24) is 25.2 Å². The number of aryl methyl sites for hydroxylation is 2. The summed E-state index contributed by atoms with van der Waals surface area (Å²) >= 11 is 7.16. The zero-order chi connectivity index (χ0) is 21.8. The highest BCUT2D eigenvalue weighted by molar-refractivity contribution is 7.13. The SMILES string of the molecule is Cc1ncc(C(=O)N[C@@H](C)C(=O)N2CCC(CCc3c(C)nc(Cl)nc3N)CC2)s1. The van der Waals surface area contributed by atoms with E-state index in [0.29, 0.717) is 29.7 Å². The molecule has 2 amide bonds. The van der Waals surface area contributed by atoms with Crippen LogP contribution in [0.2, 0.25) is 5.28 Å². The van der Waals surface area contributed by atoms with Crippen LogP contribution in [0.25, 0.3) is 0 Å². The van der Waals surface area contributed by atoms with E-state index in [4.69, 9.17) is 17.3 Å². The number of hydrogen-bond donors (Lipinski definition) is 2. The van der Waals surface area contributed by atoms with E-state index in [1.54, 1.807) is 6.92 Å². The minimum Gasteiger partial charge on any atom is -0.383 e. The molecule has 162 valence electrons. The Kier molecular flexibility index (Phi) is 7.25. The summed E-state index contributed by atoms with van der Waals surface area (Å²) in [5.41, 5.74) is 7.76. The molecule has 0 aliphatic carbocycles. The number of nitrogens with two attached hydrogens (primary N) is 1. The van der Waals surface area contributed by atoms with Crippen LogP contribution in [-0.4, -0.2) is 50.8 Å². The highest BCUT2D eigenvalue weighted by Gasteiger charge is 2.27. The molecule has 3 N–H and O–H groups in total. The van der Waals surface area contributed by atoms with Crippen LogP contribution >= 0.6 is 22.9 Å². The van der Waals surface area contributed by atoms with Crippen molar-refractivity contribution >= 4 is 40.6 Å². The maximum absolute atomic E-state index is 12.7. The van der Waals surface area contributed by atoms with Crippen molar-refractivity contribution in [1.29, 1.82) is 0 Å². The van der Waals surface area contributed by atoms with Gasteiger partial charge in [0.25, 0.3) is 5.91 Å². The number of rotatable bonds is 6. The van der Waals surface area contributed by atoms with Gasteiger partial charge in [-0.25, -0.2) is 15.0 Å². The highest BCUT2D eigenvalue weighted by Crippen LogP contribution is 2.25. The van der Waals surface area contributed by atoms with Crippen molar-refractivity contribution in [3.8, 4) is 0 Å². The Morgan fingerprint density at radius 1 is 1.33 bits per heavy atom. The Morgan fingerprint density at radius 2 is 2.03 bits per heavy atom. The number of carbonyl (C=O) groups excluding carboxylic acids is 2. The summed E-state index contributed by atoms with van der Waals surface area (Å²) in [4.78, 5) is 39.7. The van der Waals surface area contributed by atoms with E-state index in [2.05, 4.69) is 20.3 Å². The second kappa shape index (κ2) is 9.70. The van der Waals surface area contributed by atoms with Crippen molar-refractivity contribution in [3.63, 3.8) is 0 Å². The molecule has 10 heteroatoms. The molecule has 0 radical (unpaired) electrons. The fourth-order valence-corrected chi connectivity index (χ4v) is 4.65. The number of halogens is 1. The summed E-state index contributed by atoms with van der Waals surface area (Å²) < 4.78 is 0. The third kappa shape index (κ3) is 5.46. The number of thiazole rings is 1. The number of anilines is 1. The van der Waals surface area contributed by atoms with Gasteiger partial charge in [-0.15, -0.1) is 11.3 Å². The number of nitrogens with one attached hydrogen (secondary N) is 1. The van der Waals surface area contributed by atoms with Gasteiger partial charge in [0.15, 0.2) is 0 Å². The third-order valence-electron chi connectivity index (χ3n) is 5.51. The van der Waals surface area contributed by atoms with Crippen LogP contribution in [0.1, 0.15) is 52.1 Å². The minimum absolute atomic E-state index is 0.0470. The van der Waals surface area contributed by atoms with Crippen LogP contribution in [0.4, 0.5) is 5.82 Å². The first kappa shape index (κ1) is 22.4. The summed E-state index contributed by atoms with van der Waals surface area (Å²) in [6.07, 6.45) is 5.16. The van der Waals surface area contributed by atoms with Gasteiger partial charge in [0, 0.05) is 24.3 Å². The molecular weight excluding hydrogens is 424 g/mol. The van der Waals surface area contributed by atoms with Crippen molar-refractivity contribution in [2.75, 3.05) is 18.8 Å². The van der Waals surface area contributed by atoms with E-state index >= 15 is 0 Å². The molecule has 0 unspecified atom stereocenters. The molecule has 1 aliphatic heterocycles. The van der Waals surface area contributed by atoms with Gasteiger partial charge >= 0.3 is 0 Å². The van der Waals surface area contributed by atoms with E-state index in [9.17, 15) is 9.59 Å². The van der Waals surface area contributed by atoms with Crippen LogP contribution in [0.15, 0.2) is 6.20 Å². The second-order valence-electron chi connectivity index (χ2n) is 7.69. The lowest BCUT2D eigenvalue weighted by Gasteiger charge is -2.33. The predicted octanol–water partition coefficient (Wildman–Crippen LogP) is 2.78. The summed E-state index contributed by atoms with van der Waals surface area (Å²) in [6, 6.07) is -0.565. The first-order valence-electron chi connectivity index (χ1n) is 10.0. The van der Waals surface area contributed by atoms with E-state index in [1.807, 2.05) is 18.7 Å². The monoisotopic (exact) mass is 450 g/mol. The number of likely N-dealkylation sites (tertiary alicyclic amines) is 1. The van der Waals surface area contributed by atoms with Gasteiger partial charge < -0.3 is 16.0 Å². The van der Waals surface area contributed by atoms with Crippen LogP contribution < -0.4 is 11.1 Å². The van der Waals surface area contributed by atoms with Gasteiger partial charge in [-0.1, -0.05) is 0 Å². The minimum atomic E-state index is -0.565. The summed E-state index contributed by atoms with van der Waals surface area (Å²) in [5, 5.41) is 3.78. The lowest BCUT2D eigenvalue weighted by Crippen LogP contribution is -2.49. The van der Waals surface area contributed by atoms with E-state index in [-0.39, 0.29) is 17.1 Å². The maximum Gasteiger partial charge on any atom is 0.263 e. The number of nitrogens with zero attached hydrogens (tertiary/aromatic N) is 4. The van der Waals surface area contributed by atoms with Crippen molar-refractivity contribution in [2.24, 2.45) is 5.92 Å². The molecule has 0 bridgehead atoms. The molecule has 2 aromatic rings. The van der Waals surface area contributed by atoms with Gasteiger partial charge in [-0.2, -0.15) is 0 Å². The van der Waals surface area contributed by atoms with E-state index < -0.39 is 6.04 Å². The fraction of sp³-hybridized carbons (Fsp3) is 0.550. The van der Waals surface area contributed by atoms with E-state index in [1.165, 1.54) is 17.5 Å². The molecule has 2 aromatic heterocycles. The average Bonchev–Trinajstić information content (AvgIpc) is 3.13. The summed E-state index contributed by atoms with van der Waals surface area (Å²) in [6.45, 7) is 6.84. The van der Waals surface area contributed by atoms with Crippen LogP contribution in [0.3, 0.4) is 0 Å². The fourth-order valence-electron chi connectivity index (χ4n) is 3.75. The lowest BCUT2D eigenvalue weighted by molar-refractivity contribution is -0.134. The zero-order valence-electron chi connectivity index (χ0n) is 17.4. The molecule has 0 aromatic carbocycles. The van der Waals surface area contributed by atoms with Gasteiger partial charge in [0.2, 0.25) is 11.2 Å². The zero-order valence-corrected chi connectivity index (χ0v) is 19.0. The number of aromatic nitrogens is 3. The van der Waals surface area contributed by atoms with Crippen LogP contribution in [-0.2, 0) is 11.2 Å². The first-order valence-corrected chi connectivity index (χ1v) is 11.2. The molecule has 1 aliphatic rings. The summed E-state index contributed by atoms with van der Waals surface area (Å²) in [7, 11) is 0. The molecule has 3 heterocycles. The van der Waals surface area contributed by atoms with Gasteiger partial charge in [-0.3, -0.25) is 9.59 Å². The second-order valence-corrected chi connectivity index (χ2v) is 9.26. The number of nitrogen functional groups attached to an aromatic ring is 1. The van der Waals surface area contributed by atoms with Crippen molar-refractivity contribution in [2.45, 2.75) is 52.5 Å². The Balaban J connectivity index is 1.46. The Bertz CT molecular complexity index is 903. The van der Waals surface area contributed by atoms with Crippen molar-refractivity contribution < 1.29 is 9.59 Å². The molecule has 3 rings (SSSR count). The highest BCUT2D eigenvalue weighted by atomic mass is 35.5. The molecule has 0 spiro atoms. The molecule has 1 atom stereocenters. The van der Waals surface area contributed by atoms with Gasteiger partial charge in [0.05, 0.1) is 11.2 Å². The number of carbonyl (C=O) groups is 2. The predicted molar refractivity (Wildman–Crippen MR) is 118 cm³/mol. The molecule has 1 saturated heterocycles.